The Labute approximate surface area is 203 Å². The lowest BCUT2D eigenvalue weighted by Gasteiger charge is -2.41. The van der Waals surface area contributed by atoms with Gasteiger partial charge in [-0.15, -0.1) is 0 Å². The van der Waals surface area contributed by atoms with E-state index in [-0.39, 0.29) is 41.8 Å². The number of carbonyl (C=O) groups is 2. The van der Waals surface area contributed by atoms with Gasteiger partial charge in [0.1, 0.15) is 5.82 Å². The smallest absolute Gasteiger partial charge is 0.254 e. The second-order valence-electron chi connectivity index (χ2n) is 10.2. The molecule has 0 aliphatic carbocycles. The first kappa shape index (κ1) is 23.9. The average molecular weight is 486 g/mol. The van der Waals surface area contributed by atoms with Gasteiger partial charge < -0.3 is 15.5 Å². The van der Waals surface area contributed by atoms with Crippen molar-refractivity contribution in [2.24, 2.45) is 11.7 Å². The summed E-state index contributed by atoms with van der Waals surface area (Å²) in [7, 11) is 0. The molecule has 0 saturated carbocycles. The van der Waals surface area contributed by atoms with Crippen LogP contribution in [-0.4, -0.2) is 46.3 Å². The van der Waals surface area contributed by atoms with Crippen molar-refractivity contribution in [3.63, 3.8) is 0 Å². The van der Waals surface area contributed by atoms with Crippen LogP contribution in [0.15, 0.2) is 36.4 Å². The minimum Gasteiger partial charge on any atom is -0.338 e. The van der Waals surface area contributed by atoms with Crippen molar-refractivity contribution in [2.75, 3.05) is 6.54 Å². The van der Waals surface area contributed by atoms with Crippen molar-refractivity contribution < 1.29 is 22.8 Å². The highest BCUT2D eigenvalue weighted by molar-refractivity contribution is 5.95. The van der Waals surface area contributed by atoms with Gasteiger partial charge in [-0.1, -0.05) is 12.1 Å². The van der Waals surface area contributed by atoms with E-state index >= 15 is 0 Å². The molecule has 8 heteroatoms. The normalized spacial score (nSPS) is 24.8. The molecule has 0 spiro atoms. The van der Waals surface area contributed by atoms with Crippen LogP contribution in [-0.2, 0) is 17.8 Å². The summed E-state index contributed by atoms with van der Waals surface area (Å²) in [5.41, 5.74) is 8.06. The van der Waals surface area contributed by atoms with Gasteiger partial charge in [-0.05, 0) is 73.8 Å². The fourth-order valence-corrected chi connectivity index (χ4v) is 6.08. The Morgan fingerprint density at radius 3 is 2.43 bits per heavy atom. The molecule has 3 aliphatic rings. The van der Waals surface area contributed by atoms with Crippen molar-refractivity contribution in [3.05, 3.63) is 70.5 Å². The SMILES string of the molecule is N[C@H](Cc1cc(F)c(F)cc1F)C1CC2CC[C@H](C1)N2C(=O)c1cccc(CN2CCCC2=O)c1. The van der Waals surface area contributed by atoms with Gasteiger partial charge in [0.25, 0.3) is 5.91 Å². The van der Waals surface area contributed by atoms with Crippen LogP contribution in [0, 0.1) is 23.4 Å². The number of piperidine rings is 1. The summed E-state index contributed by atoms with van der Waals surface area (Å²) < 4.78 is 41.0. The van der Waals surface area contributed by atoms with Gasteiger partial charge in [0.2, 0.25) is 5.91 Å². The maximum Gasteiger partial charge on any atom is 0.254 e. The molecule has 3 saturated heterocycles. The van der Waals surface area contributed by atoms with E-state index in [1.54, 1.807) is 0 Å². The lowest BCUT2D eigenvalue weighted by atomic mass is 9.82. The van der Waals surface area contributed by atoms with E-state index in [4.69, 9.17) is 5.73 Å². The summed E-state index contributed by atoms with van der Waals surface area (Å²) in [5.74, 6) is -2.86. The Hall–Kier alpha value is -2.87. The molecule has 0 radical (unpaired) electrons. The number of amides is 2. The van der Waals surface area contributed by atoms with Crippen LogP contribution in [0.1, 0.15) is 60.0 Å². The Morgan fingerprint density at radius 1 is 1.03 bits per heavy atom. The average Bonchev–Trinajstić information content (AvgIpc) is 3.35. The first-order valence-electron chi connectivity index (χ1n) is 12.4. The van der Waals surface area contributed by atoms with Crippen LogP contribution < -0.4 is 5.73 Å². The lowest BCUT2D eigenvalue weighted by molar-refractivity contribution is -0.128. The maximum absolute atomic E-state index is 14.1. The summed E-state index contributed by atoms with van der Waals surface area (Å²) in [6.07, 6.45) is 4.77. The molecule has 2 N–H and O–H groups in total. The molecule has 2 aromatic rings. The second-order valence-corrected chi connectivity index (χ2v) is 10.2. The quantitative estimate of drug-likeness (QED) is 0.625. The third-order valence-electron chi connectivity index (χ3n) is 7.87. The number of hydrogen-bond donors (Lipinski definition) is 1. The van der Waals surface area contributed by atoms with Crippen molar-refractivity contribution in [2.45, 2.75) is 69.6 Å². The van der Waals surface area contributed by atoms with Crippen LogP contribution in [0.3, 0.4) is 0 Å². The molecule has 186 valence electrons. The number of fused-ring (bicyclic) bond motifs is 2. The number of halogens is 3. The van der Waals surface area contributed by atoms with Crippen LogP contribution in [0.25, 0.3) is 0 Å². The summed E-state index contributed by atoms with van der Waals surface area (Å²) >= 11 is 0. The highest BCUT2D eigenvalue weighted by atomic mass is 19.2. The molecule has 5 nitrogen and oxygen atoms in total. The Balaban J connectivity index is 1.25. The molecule has 3 aliphatic heterocycles. The van der Waals surface area contributed by atoms with Crippen LogP contribution >= 0.6 is 0 Å². The van der Waals surface area contributed by atoms with Crippen molar-refractivity contribution in [3.8, 4) is 0 Å². The van der Waals surface area contributed by atoms with Gasteiger partial charge in [0.15, 0.2) is 11.6 Å². The standard InChI is InChI=1S/C27H30F3N3O2/c28-22-14-24(30)23(29)12-18(22)13-25(31)19-10-20-6-7-21(11-19)33(20)27(35)17-4-1-3-16(9-17)15-32-8-2-5-26(32)34/h1,3-4,9,12,14,19-21,25H,2,5-8,10-11,13,15,31H2/t19?,20-,21?,25-/m1/s1. The predicted octanol–water partition coefficient (Wildman–Crippen LogP) is 4.18. The van der Waals surface area contributed by atoms with Gasteiger partial charge in [-0.25, -0.2) is 13.2 Å². The maximum atomic E-state index is 14.1. The molecule has 2 amide bonds. The number of benzene rings is 2. The fourth-order valence-electron chi connectivity index (χ4n) is 6.08. The van der Waals surface area contributed by atoms with Crippen molar-refractivity contribution in [1.29, 1.82) is 0 Å². The van der Waals surface area contributed by atoms with Crippen LogP contribution in [0.4, 0.5) is 13.2 Å². The summed E-state index contributed by atoms with van der Waals surface area (Å²) in [6, 6.07) is 8.67. The third-order valence-corrected chi connectivity index (χ3v) is 7.87. The zero-order chi connectivity index (χ0) is 24.7. The molecular formula is C27H30F3N3O2. The van der Waals surface area contributed by atoms with Crippen LogP contribution in [0.5, 0.6) is 0 Å². The van der Waals surface area contributed by atoms with E-state index in [9.17, 15) is 22.8 Å². The fraction of sp³-hybridized carbons (Fsp3) is 0.481. The van der Waals surface area contributed by atoms with Gasteiger partial charge in [-0.3, -0.25) is 9.59 Å². The van der Waals surface area contributed by atoms with E-state index in [2.05, 4.69) is 0 Å². The first-order valence-corrected chi connectivity index (χ1v) is 12.4. The Bertz CT molecular complexity index is 1130. The number of carbonyl (C=O) groups excluding carboxylic acids is 2. The van der Waals surface area contributed by atoms with Crippen molar-refractivity contribution >= 4 is 11.8 Å². The van der Waals surface area contributed by atoms with Gasteiger partial charge >= 0.3 is 0 Å². The Morgan fingerprint density at radius 2 is 1.74 bits per heavy atom. The zero-order valence-electron chi connectivity index (χ0n) is 19.6. The van der Waals surface area contributed by atoms with Gasteiger partial charge in [-0.2, -0.15) is 0 Å². The van der Waals surface area contributed by atoms with Gasteiger partial charge in [0.05, 0.1) is 0 Å². The molecule has 35 heavy (non-hydrogen) atoms. The largest absolute Gasteiger partial charge is 0.338 e. The number of likely N-dealkylation sites (tertiary alicyclic amines) is 1. The molecule has 2 aromatic carbocycles. The number of nitrogens with zero attached hydrogens (tertiary/aromatic N) is 2. The summed E-state index contributed by atoms with van der Waals surface area (Å²) in [5, 5.41) is 0. The summed E-state index contributed by atoms with van der Waals surface area (Å²) in [6.45, 7) is 1.27. The predicted molar refractivity (Wildman–Crippen MR) is 125 cm³/mol. The number of nitrogens with two attached hydrogens (primary N) is 1. The zero-order valence-corrected chi connectivity index (χ0v) is 19.6. The monoisotopic (exact) mass is 485 g/mol. The first-order chi connectivity index (χ1) is 16.8. The van der Waals surface area contributed by atoms with E-state index in [1.165, 1.54) is 0 Å². The number of hydrogen-bond acceptors (Lipinski definition) is 3. The minimum absolute atomic E-state index is 0.00855. The minimum atomic E-state index is -1.21. The molecule has 2 unspecified atom stereocenters. The third kappa shape index (κ3) is 4.81. The van der Waals surface area contributed by atoms with Crippen molar-refractivity contribution in [1.82, 2.24) is 9.80 Å². The highest BCUT2D eigenvalue weighted by Crippen LogP contribution is 2.41. The van der Waals surface area contributed by atoms with Gasteiger partial charge in [0, 0.05) is 49.3 Å². The molecule has 4 atom stereocenters. The number of rotatable bonds is 6. The molecule has 3 heterocycles. The topological polar surface area (TPSA) is 66.6 Å². The van der Waals surface area contributed by atoms with E-state index in [1.807, 2.05) is 34.1 Å². The Kier molecular flexibility index (Phi) is 6.57. The second kappa shape index (κ2) is 9.64. The molecular weight excluding hydrogens is 455 g/mol. The summed E-state index contributed by atoms with van der Waals surface area (Å²) in [4.78, 5) is 29.3. The van der Waals surface area contributed by atoms with E-state index in [0.717, 1.165) is 37.4 Å². The van der Waals surface area contributed by atoms with E-state index < -0.39 is 23.5 Å². The molecule has 0 aromatic heterocycles. The van der Waals surface area contributed by atoms with Crippen LogP contribution in [0.2, 0.25) is 0 Å². The van der Waals surface area contributed by atoms with E-state index in [0.29, 0.717) is 37.4 Å². The molecule has 3 fully saturated rings. The molecule has 2 bridgehead atoms. The lowest BCUT2D eigenvalue weighted by Crippen LogP contribution is -2.50. The highest BCUT2D eigenvalue weighted by Gasteiger charge is 2.44. The molecule has 5 rings (SSSR count).